The largest absolute Gasteiger partial charge is 0.507 e. The monoisotopic (exact) mass is 395 g/mol. The van der Waals surface area contributed by atoms with E-state index in [1.54, 1.807) is 13.3 Å². The topological polar surface area (TPSA) is 48.3 Å². The Labute approximate surface area is 174 Å². The number of hydrogen-bond donors (Lipinski definition) is 1. The van der Waals surface area contributed by atoms with Crippen LogP contribution in [0.2, 0.25) is 0 Å². The van der Waals surface area contributed by atoms with Crippen LogP contribution < -0.4 is 9.64 Å². The molecule has 156 valence electrons. The van der Waals surface area contributed by atoms with E-state index in [0.717, 1.165) is 43.2 Å². The van der Waals surface area contributed by atoms with Crippen LogP contribution in [0.5, 0.6) is 11.5 Å². The first-order chi connectivity index (χ1) is 14.2. The van der Waals surface area contributed by atoms with E-state index in [1.807, 2.05) is 30.3 Å². The number of aliphatic imine (C=N–C) groups is 1. The van der Waals surface area contributed by atoms with E-state index in [9.17, 15) is 5.11 Å². The fourth-order valence-electron chi connectivity index (χ4n) is 4.08. The fourth-order valence-corrected chi connectivity index (χ4v) is 4.08. The summed E-state index contributed by atoms with van der Waals surface area (Å²) >= 11 is 0. The average Bonchev–Trinajstić information content (AvgIpc) is 3.28. The maximum Gasteiger partial charge on any atom is 0.126 e. The third kappa shape index (κ3) is 5.10. The SMILES string of the molecule is CCN(CC)c1ccc(C=NC[C@H](c2ccccc2OC)N2CCCC2)c(O)c1. The Morgan fingerprint density at radius 1 is 1.14 bits per heavy atom. The van der Waals surface area contributed by atoms with Crippen molar-refractivity contribution in [1.29, 1.82) is 0 Å². The first kappa shape index (κ1) is 21.2. The van der Waals surface area contributed by atoms with Crippen molar-refractivity contribution in [3.63, 3.8) is 0 Å². The van der Waals surface area contributed by atoms with Gasteiger partial charge in [-0.2, -0.15) is 0 Å². The number of methoxy groups -OCH3 is 1. The molecule has 1 heterocycles. The molecule has 2 aromatic carbocycles. The van der Waals surface area contributed by atoms with Crippen LogP contribution in [0.25, 0.3) is 0 Å². The summed E-state index contributed by atoms with van der Waals surface area (Å²) in [5.74, 6) is 1.18. The lowest BCUT2D eigenvalue weighted by molar-refractivity contribution is 0.246. The molecule has 1 saturated heterocycles. The smallest absolute Gasteiger partial charge is 0.126 e. The molecule has 5 nitrogen and oxygen atoms in total. The van der Waals surface area contributed by atoms with Gasteiger partial charge in [-0.05, 0) is 58.0 Å². The van der Waals surface area contributed by atoms with Gasteiger partial charge in [-0.25, -0.2) is 0 Å². The Hall–Kier alpha value is -2.53. The average molecular weight is 396 g/mol. The van der Waals surface area contributed by atoms with Gasteiger partial charge in [-0.1, -0.05) is 18.2 Å². The summed E-state index contributed by atoms with van der Waals surface area (Å²) in [6.07, 6.45) is 4.24. The number of anilines is 1. The molecule has 29 heavy (non-hydrogen) atoms. The molecule has 1 aliphatic heterocycles. The molecule has 1 N–H and O–H groups in total. The van der Waals surface area contributed by atoms with Gasteiger partial charge in [0.05, 0.1) is 19.7 Å². The molecule has 1 fully saturated rings. The first-order valence-corrected chi connectivity index (χ1v) is 10.6. The molecular weight excluding hydrogens is 362 g/mol. The second-order valence-corrected chi connectivity index (χ2v) is 7.41. The summed E-state index contributed by atoms with van der Waals surface area (Å²) in [6.45, 7) is 8.87. The molecule has 3 rings (SSSR count). The van der Waals surface area contributed by atoms with Crippen LogP contribution in [0.15, 0.2) is 47.5 Å². The summed E-state index contributed by atoms with van der Waals surface area (Å²) < 4.78 is 5.60. The summed E-state index contributed by atoms with van der Waals surface area (Å²) in [5.41, 5.74) is 2.96. The van der Waals surface area contributed by atoms with E-state index >= 15 is 0 Å². The normalized spacial score (nSPS) is 15.7. The summed E-state index contributed by atoms with van der Waals surface area (Å²) in [5, 5.41) is 10.5. The van der Waals surface area contributed by atoms with Crippen LogP contribution >= 0.6 is 0 Å². The molecule has 1 aliphatic rings. The van der Waals surface area contributed by atoms with Gasteiger partial charge in [-0.3, -0.25) is 9.89 Å². The second kappa shape index (κ2) is 10.3. The number of para-hydroxylation sites is 1. The van der Waals surface area contributed by atoms with Crippen molar-refractivity contribution in [3.05, 3.63) is 53.6 Å². The number of likely N-dealkylation sites (tertiary alicyclic amines) is 1. The van der Waals surface area contributed by atoms with Crippen molar-refractivity contribution in [1.82, 2.24) is 4.90 Å². The highest BCUT2D eigenvalue weighted by Gasteiger charge is 2.25. The van der Waals surface area contributed by atoms with E-state index in [2.05, 4.69) is 35.8 Å². The molecule has 0 aliphatic carbocycles. The highest BCUT2D eigenvalue weighted by molar-refractivity contribution is 5.84. The van der Waals surface area contributed by atoms with Crippen LogP contribution in [-0.4, -0.2) is 56.1 Å². The maximum absolute atomic E-state index is 10.5. The number of ether oxygens (including phenoxy) is 1. The minimum atomic E-state index is 0.182. The Balaban J connectivity index is 1.78. The fraction of sp³-hybridized carbons (Fsp3) is 0.458. The maximum atomic E-state index is 10.5. The zero-order chi connectivity index (χ0) is 20.6. The number of hydrogen-bond acceptors (Lipinski definition) is 5. The van der Waals surface area contributed by atoms with Crippen LogP contribution in [0.1, 0.15) is 43.9 Å². The minimum absolute atomic E-state index is 0.182. The lowest BCUT2D eigenvalue weighted by atomic mass is 10.0. The van der Waals surface area contributed by atoms with Gasteiger partial charge >= 0.3 is 0 Å². The predicted octanol–water partition coefficient (Wildman–Crippen LogP) is 4.50. The lowest BCUT2D eigenvalue weighted by Gasteiger charge is -2.27. The molecule has 1 atom stereocenters. The van der Waals surface area contributed by atoms with Crippen LogP contribution in [-0.2, 0) is 0 Å². The van der Waals surface area contributed by atoms with Gasteiger partial charge < -0.3 is 14.7 Å². The van der Waals surface area contributed by atoms with E-state index in [-0.39, 0.29) is 11.8 Å². The summed E-state index contributed by atoms with van der Waals surface area (Å²) in [4.78, 5) is 9.42. The second-order valence-electron chi connectivity index (χ2n) is 7.41. The van der Waals surface area contributed by atoms with Crippen molar-refractivity contribution in [2.75, 3.05) is 44.7 Å². The van der Waals surface area contributed by atoms with Crippen LogP contribution in [0, 0.1) is 0 Å². The Kier molecular flexibility index (Phi) is 7.53. The van der Waals surface area contributed by atoms with Gasteiger partial charge in [-0.15, -0.1) is 0 Å². The number of aromatic hydroxyl groups is 1. The van der Waals surface area contributed by atoms with Gasteiger partial charge in [0, 0.05) is 42.2 Å². The van der Waals surface area contributed by atoms with Gasteiger partial charge in [0.1, 0.15) is 11.5 Å². The highest BCUT2D eigenvalue weighted by Crippen LogP contribution is 2.32. The van der Waals surface area contributed by atoms with Crippen molar-refractivity contribution in [2.24, 2.45) is 4.99 Å². The zero-order valence-corrected chi connectivity index (χ0v) is 17.8. The molecule has 0 unspecified atom stereocenters. The van der Waals surface area contributed by atoms with Crippen molar-refractivity contribution >= 4 is 11.9 Å². The highest BCUT2D eigenvalue weighted by atomic mass is 16.5. The number of rotatable bonds is 9. The zero-order valence-electron chi connectivity index (χ0n) is 17.8. The van der Waals surface area contributed by atoms with E-state index in [1.165, 1.54) is 18.4 Å². The molecule has 0 aromatic heterocycles. The minimum Gasteiger partial charge on any atom is -0.507 e. The Morgan fingerprint density at radius 2 is 1.86 bits per heavy atom. The third-order valence-electron chi connectivity index (χ3n) is 5.73. The molecule has 2 aromatic rings. The predicted molar refractivity (Wildman–Crippen MR) is 121 cm³/mol. The van der Waals surface area contributed by atoms with Crippen LogP contribution in [0.4, 0.5) is 5.69 Å². The molecular formula is C24H33N3O2. The van der Waals surface area contributed by atoms with Crippen molar-refractivity contribution in [3.8, 4) is 11.5 Å². The van der Waals surface area contributed by atoms with Crippen molar-refractivity contribution < 1.29 is 9.84 Å². The standard InChI is InChI=1S/C24H33N3O2/c1-4-26(5-2)20-13-12-19(23(28)16-20)17-25-18-22(27-14-8-9-15-27)21-10-6-7-11-24(21)29-3/h6-7,10-13,16-17,22,28H,4-5,8-9,14-15,18H2,1-3H3/t22-/m1/s1. The molecule has 0 saturated carbocycles. The van der Waals surface area contributed by atoms with E-state index < -0.39 is 0 Å². The first-order valence-electron chi connectivity index (χ1n) is 10.6. The van der Waals surface area contributed by atoms with Gasteiger partial charge in [0.25, 0.3) is 0 Å². The molecule has 0 bridgehead atoms. The molecule has 5 heteroatoms. The molecule has 0 radical (unpaired) electrons. The Bertz CT molecular complexity index is 812. The number of phenols is 1. The molecule has 0 amide bonds. The quantitative estimate of drug-likeness (QED) is 0.635. The van der Waals surface area contributed by atoms with E-state index in [4.69, 9.17) is 9.73 Å². The third-order valence-corrected chi connectivity index (χ3v) is 5.73. The number of phenolic OH excluding ortho intramolecular Hbond substituents is 1. The van der Waals surface area contributed by atoms with Crippen LogP contribution in [0.3, 0.4) is 0 Å². The van der Waals surface area contributed by atoms with Gasteiger partial charge in [0.15, 0.2) is 0 Å². The summed E-state index contributed by atoms with van der Waals surface area (Å²) in [7, 11) is 1.72. The van der Waals surface area contributed by atoms with Crippen molar-refractivity contribution in [2.45, 2.75) is 32.7 Å². The number of benzene rings is 2. The number of nitrogens with zero attached hydrogens (tertiary/aromatic N) is 3. The summed E-state index contributed by atoms with van der Waals surface area (Å²) in [6, 6.07) is 14.2. The lowest BCUT2D eigenvalue weighted by Crippen LogP contribution is -2.28. The van der Waals surface area contributed by atoms with Gasteiger partial charge in [0.2, 0.25) is 0 Å². The Morgan fingerprint density at radius 3 is 2.52 bits per heavy atom. The molecule has 0 spiro atoms. The van der Waals surface area contributed by atoms with E-state index in [0.29, 0.717) is 6.54 Å².